The van der Waals surface area contributed by atoms with Crippen molar-refractivity contribution in [1.82, 2.24) is 10.2 Å². The Bertz CT molecular complexity index is 1350. The summed E-state index contributed by atoms with van der Waals surface area (Å²) in [6.07, 6.45) is -4.17. The molecule has 1 aromatic rings. The average Bonchev–Trinajstić information content (AvgIpc) is 2.80. The molecule has 0 aromatic heterocycles. The van der Waals surface area contributed by atoms with Crippen LogP contribution in [0.15, 0.2) is 35.1 Å². The number of alkyl halides is 3. The largest absolute Gasteiger partial charge is 0.508 e. The van der Waals surface area contributed by atoms with Crippen LogP contribution in [0, 0.1) is 11.8 Å². The zero-order chi connectivity index (χ0) is 29.6. The number of aliphatic hydroxyl groups excluding tert-OH is 4. The molecule has 0 spiro atoms. The molecule has 0 saturated heterocycles. The van der Waals surface area contributed by atoms with Gasteiger partial charge in [0, 0.05) is 0 Å². The van der Waals surface area contributed by atoms with Crippen LogP contribution in [0.2, 0.25) is 0 Å². The number of fused-ring (bicyclic) bond motifs is 3. The highest BCUT2D eigenvalue weighted by Crippen LogP contribution is 2.57. The van der Waals surface area contributed by atoms with Gasteiger partial charge in [0.25, 0.3) is 5.91 Å². The van der Waals surface area contributed by atoms with Gasteiger partial charge in [0.1, 0.15) is 22.8 Å². The van der Waals surface area contributed by atoms with Crippen LogP contribution in [0.1, 0.15) is 18.1 Å². The minimum absolute atomic E-state index is 0.0462. The zero-order valence-electron chi connectivity index (χ0n) is 20.6. The van der Waals surface area contributed by atoms with E-state index in [1.165, 1.54) is 44.1 Å². The van der Waals surface area contributed by atoms with Crippen molar-refractivity contribution in [2.75, 3.05) is 14.1 Å². The predicted molar refractivity (Wildman–Crippen MR) is 137 cm³/mol. The number of hydrogen-bond acceptors (Lipinski definition) is 11. The fourth-order valence-corrected chi connectivity index (χ4v) is 6.02. The number of amides is 1. The topological polar surface area (TPSA) is 208 Å². The van der Waals surface area contributed by atoms with Crippen LogP contribution in [0.4, 0.5) is 0 Å². The molecule has 7 atom stereocenters. The second-order valence-electron chi connectivity index (χ2n) is 10.1. The molecule has 1 amide bonds. The fourth-order valence-electron chi connectivity index (χ4n) is 5.86. The maximum absolute atomic E-state index is 14.0. The van der Waals surface area contributed by atoms with Crippen LogP contribution in [0.3, 0.4) is 0 Å². The summed E-state index contributed by atoms with van der Waals surface area (Å²) < 4.78 is -2.46. The van der Waals surface area contributed by atoms with Gasteiger partial charge in [0.15, 0.2) is 17.6 Å². The molecule has 0 heterocycles. The van der Waals surface area contributed by atoms with Gasteiger partial charge in [-0.05, 0) is 32.6 Å². The van der Waals surface area contributed by atoms with Gasteiger partial charge in [-0.1, -0.05) is 46.9 Å². The molecule has 15 heteroatoms. The molecule has 12 nitrogen and oxygen atoms in total. The van der Waals surface area contributed by atoms with Crippen LogP contribution >= 0.6 is 34.8 Å². The maximum Gasteiger partial charge on any atom is 0.260 e. The molecule has 0 bridgehead atoms. The summed E-state index contributed by atoms with van der Waals surface area (Å²) in [5.41, 5.74) is -7.64. The summed E-state index contributed by atoms with van der Waals surface area (Å²) >= 11 is 16.7. The lowest BCUT2D eigenvalue weighted by Crippen LogP contribution is -2.72. The smallest absolute Gasteiger partial charge is 0.260 e. The number of nitrogens with one attached hydrogen (secondary N) is 1. The number of ketones is 2. The maximum atomic E-state index is 14.0. The van der Waals surface area contributed by atoms with E-state index in [9.17, 15) is 50.1 Å². The van der Waals surface area contributed by atoms with E-state index in [0.717, 1.165) is 0 Å². The highest BCUT2D eigenvalue weighted by molar-refractivity contribution is 6.68. The number of aliphatic hydroxyl groups is 6. The van der Waals surface area contributed by atoms with Crippen LogP contribution in [-0.2, 0) is 20.0 Å². The highest BCUT2D eigenvalue weighted by atomic mass is 35.6. The Kier molecular flexibility index (Phi) is 7.06. The van der Waals surface area contributed by atoms with E-state index in [0.29, 0.717) is 0 Å². The Balaban J connectivity index is 2.00. The highest BCUT2D eigenvalue weighted by Gasteiger charge is 2.70. The molecule has 1 saturated carbocycles. The fraction of sp³-hybridized carbons (Fsp3) is 0.458. The monoisotopic (exact) mass is 606 g/mol. The van der Waals surface area contributed by atoms with Crippen molar-refractivity contribution < 1.29 is 50.1 Å². The third-order valence-electron chi connectivity index (χ3n) is 7.59. The molecule has 3 aliphatic rings. The normalized spacial score (nSPS) is 33.5. The number of hydrogen-bond donors (Lipinski definition) is 8. The Morgan fingerprint density at radius 2 is 1.72 bits per heavy atom. The number of carbonyl (C=O) groups excluding carboxylic acids is 3. The molecule has 3 aliphatic carbocycles. The van der Waals surface area contributed by atoms with Gasteiger partial charge in [-0.3, -0.25) is 19.3 Å². The number of likely N-dealkylation sites (N-methyl/N-ethyl adjacent to an activating group) is 1. The third-order valence-corrected chi connectivity index (χ3v) is 8.21. The lowest BCUT2D eigenvalue weighted by molar-refractivity contribution is -0.181. The summed E-state index contributed by atoms with van der Waals surface area (Å²) in [7, 11) is 2.67. The summed E-state index contributed by atoms with van der Waals surface area (Å²) in [5, 5.41) is 79.3. The Morgan fingerprint density at radius 3 is 2.26 bits per heavy atom. The number of nitrogens with zero attached hydrogens (tertiary/aromatic N) is 1. The first-order valence-electron chi connectivity index (χ1n) is 11.4. The van der Waals surface area contributed by atoms with Crippen molar-refractivity contribution in [3.63, 3.8) is 0 Å². The molecular formula is C24H25Cl3N2O10. The molecular weight excluding hydrogens is 583 g/mol. The van der Waals surface area contributed by atoms with Crippen molar-refractivity contribution in [3.05, 3.63) is 46.2 Å². The van der Waals surface area contributed by atoms with E-state index in [1.54, 1.807) is 5.32 Å². The Labute approximate surface area is 236 Å². The van der Waals surface area contributed by atoms with Crippen LogP contribution in [-0.4, -0.2) is 100.0 Å². The number of carbonyl (C=O) groups is 3. The number of phenols is 1. The number of aromatic hydroxyl groups is 1. The Hall–Kier alpha value is -2.42. The average molecular weight is 608 g/mol. The molecule has 0 aliphatic heterocycles. The first kappa shape index (κ1) is 29.6. The van der Waals surface area contributed by atoms with Gasteiger partial charge in [0.2, 0.25) is 9.58 Å². The number of benzene rings is 1. The van der Waals surface area contributed by atoms with Crippen LogP contribution < -0.4 is 5.32 Å². The molecule has 39 heavy (non-hydrogen) atoms. The van der Waals surface area contributed by atoms with Gasteiger partial charge in [-0.15, -0.1) is 0 Å². The second kappa shape index (κ2) is 9.32. The van der Waals surface area contributed by atoms with Crippen molar-refractivity contribution in [2.24, 2.45) is 11.8 Å². The van der Waals surface area contributed by atoms with E-state index in [4.69, 9.17) is 34.8 Å². The van der Waals surface area contributed by atoms with Crippen molar-refractivity contribution >= 4 is 58.0 Å². The van der Waals surface area contributed by atoms with E-state index >= 15 is 0 Å². The SMILES string of the molecule is CN(C)C1C(=O)C(C(=O)NC(O)C(Cl)(Cl)Cl)=C(O)C2(O)C(=O)C3=C(O)c4c(O)cccc4C(C)(O)C3C(O)C12. The van der Waals surface area contributed by atoms with Crippen molar-refractivity contribution in [1.29, 1.82) is 0 Å². The van der Waals surface area contributed by atoms with Gasteiger partial charge in [0.05, 0.1) is 40.7 Å². The van der Waals surface area contributed by atoms with Crippen LogP contribution in [0.5, 0.6) is 5.75 Å². The molecule has 1 fully saturated rings. The molecule has 8 N–H and O–H groups in total. The van der Waals surface area contributed by atoms with Gasteiger partial charge >= 0.3 is 0 Å². The van der Waals surface area contributed by atoms with Crippen molar-refractivity contribution in [3.8, 4) is 5.75 Å². The first-order chi connectivity index (χ1) is 17.8. The number of halogens is 3. The standard InChI is InChI=1S/C24H25Cl3N2O10/c1-22(38)7-5-4-6-8(30)9(7)15(31)10-12(22)17(33)13-14(29(2)3)16(32)11(19(35)23(13,39)18(10)34)20(36)28-21(37)24(25,26)27/h4-6,12-14,17,21,30-31,33,35,37-39H,1-3H3,(H,28,36). The summed E-state index contributed by atoms with van der Waals surface area (Å²) in [4.78, 5) is 41.7. The van der Waals surface area contributed by atoms with Crippen LogP contribution in [0.25, 0.3) is 5.76 Å². The summed E-state index contributed by atoms with van der Waals surface area (Å²) in [5.74, 6) is -10.6. The lowest BCUT2D eigenvalue weighted by atomic mass is 9.53. The second-order valence-corrected chi connectivity index (χ2v) is 12.5. The number of phenolic OH excluding ortho intramolecular Hbond substituents is 1. The van der Waals surface area contributed by atoms with E-state index in [-0.39, 0.29) is 11.1 Å². The first-order valence-corrected chi connectivity index (χ1v) is 12.6. The molecule has 212 valence electrons. The molecule has 1 aromatic carbocycles. The van der Waals surface area contributed by atoms with Crippen molar-refractivity contribution in [2.45, 2.75) is 40.3 Å². The zero-order valence-corrected chi connectivity index (χ0v) is 22.8. The quantitative estimate of drug-likeness (QED) is 0.129. The van der Waals surface area contributed by atoms with Gasteiger partial charge in [-0.25, -0.2) is 0 Å². The lowest BCUT2D eigenvalue weighted by Gasteiger charge is -2.55. The van der Waals surface area contributed by atoms with Gasteiger partial charge < -0.3 is 41.1 Å². The van der Waals surface area contributed by atoms with Gasteiger partial charge in [-0.2, -0.15) is 0 Å². The van der Waals surface area contributed by atoms with E-state index in [1.807, 2.05) is 0 Å². The molecule has 7 unspecified atom stereocenters. The minimum atomic E-state index is -3.20. The number of rotatable bonds is 3. The van der Waals surface area contributed by atoms with E-state index in [2.05, 4.69) is 0 Å². The Morgan fingerprint density at radius 1 is 1.13 bits per heavy atom. The molecule has 0 radical (unpaired) electrons. The minimum Gasteiger partial charge on any atom is -0.508 e. The third kappa shape index (κ3) is 4.05. The summed E-state index contributed by atoms with van der Waals surface area (Å²) in [6.45, 7) is 1.21. The predicted octanol–water partition coefficient (Wildman–Crippen LogP) is -0.0807. The number of Topliss-reactive ketones (excluding diaryl/α,β-unsaturated/α-hetero) is 2. The summed E-state index contributed by atoms with van der Waals surface area (Å²) in [6, 6.07) is 2.24. The van der Waals surface area contributed by atoms with E-state index < -0.39 is 91.1 Å². The molecule has 4 rings (SSSR count).